The van der Waals surface area contributed by atoms with E-state index in [1.165, 1.54) is 12.1 Å². The van der Waals surface area contributed by atoms with E-state index in [1.54, 1.807) is 12.1 Å². The van der Waals surface area contributed by atoms with Crippen LogP contribution in [-0.2, 0) is 6.54 Å². The van der Waals surface area contributed by atoms with E-state index in [4.69, 9.17) is 22.5 Å². The van der Waals surface area contributed by atoms with Gasteiger partial charge in [0.25, 0.3) is 0 Å². The number of halogens is 2. The van der Waals surface area contributed by atoms with E-state index in [9.17, 15) is 4.39 Å². The molecule has 4 N–H and O–H groups in total. The van der Waals surface area contributed by atoms with Gasteiger partial charge in [-0.3, -0.25) is 0 Å². The average molecular weight is 308 g/mol. The first-order chi connectivity index (χ1) is 9.99. The number of nitrogens with zero attached hydrogens (tertiary/aromatic N) is 1. The van der Waals surface area contributed by atoms with Gasteiger partial charge in [0.15, 0.2) is 5.84 Å². The van der Waals surface area contributed by atoms with E-state index in [2.05, 4.69) is 10.5 Å². The fourth-order valence-corrected chi connectivity index (χ4v) is 2.11. The van der Waals surface area contributed by atoms with Crippen molar-refractivity contribution in [2.24, 2.45) is 10.9 Å². The fraction of sp³-hybridized carbons (Fsp3) is 0.133. The van der Waals surface area contributed by atoms with Crippen molar-refractivity contribution in [2.45, 2.75) is 13.5 Å². The molecule has 0 bridgehead atoms. The first kappa shape index (κ1) is 15.1. The molecular formula is C15H15ClFN3O. The van der Waals surface area contributed by atoms with Crippen molar-refractivity contribution in [2.75, 3.05) is 5.32 Å². The molecule has 4 nitrogen and oxygen atoms in total. The van der Waals surface area contributed by atoms with Crippen molar-refractivity contribution in [3.8, 4) is 0 Å². The summed E-state index contributed by atoms with van der Waals surface area (Å²) in [6, 6.07) is 9.85. The summed E-state index contributed by atoms with van der Waals surface area (Å²) in [5.41, 5.74) is 8.30. The predicted octanol–water partition coefficient (Wildman–Crippen LogP) is 3.49. The average Bonchev–Trinajstić information content (AvgIpc) is 2.46. The second-order valence-corrected chi connectivity index (χ2v) is 5.08. The number of hydrogen-bond donors (Lipinski definition) is 3. The van der Waals surface area contributed by atoms with E-state index in [1.807, 2.05) is 19.1 Å². The van der Waals surface area contributed by atoms with Crippen LogP contribution in [0.15, 0.2) is 41.6 Å². The Morgan fingerprint density at radius 3 is 2.81 bits per heavy atom. The molecule has 0 radical (unpaired) electrons. The predicted molar refractivity (Wildman–Crippen MR) is 82.4 cm³/mol. The lowest BCUT2D eigenvalue weighted by atomic mass is 10.1. The molecular weight excluding hydrogens is 293 g/mol. The summed E-state index contributed by atoms with van der Waals surface area (Å²) < 4.78 is 13.5. The number of rotatable bonds is 4. The molecule has 0 saturated heterocycles. The minimum absolute atomic E-state index is 0.135. The van der Waals surface area contributed by atoms with Crippen LogP contribution in [0.1, 0.15) is 16.7 Å². The van der Waals surface area contributed by atoms with Crippen LogP contribution in [-0.4, -0.2) is 11.0 Å². The lowest BCUT2D eigenvalue weighted by molar-refractivity contribution is 0.318. The maximum atomic E-state index is 13.5. The second kappa shape index (κ2) is 6.45. The number of oxime groups is 1. The quantitative estimate of drug-likeness (QED) is 0.350. The summed E-state index contributed by atoms with van der Waals surface area (Å²) in [4.78, 5) is 0. The molecule has 0 aliphatic heterocycles. The van der Waals surface area contributed by atoms with Crippen molar-refractivity contribution in [3.63, 3.8) is 0 Å². The van der Waals surface area contributed by atoms with Crippen LogP contribution >= 0.6 is 11.6 Å². The van der Waals surface area contributed by atoms with E-state index in [0.717, 1.165) is 11.3 Å². The molecule has 0 aliphatic rings. The lowest BCUT2D eigenvalue weighted by Gasteiger charge is -2.10. The van der Waals surface area contributed by atoms with Crippen molar-refractivity contribution in [1.82, 2.24) is 0 Å². The Balaban J connectivity index is 2.20. The summed E-state index contributed by atoms with van der Waals surface area (Å²) in [7, 11) is 0. The topological polar surface area (TPSA) is 70.6 Å². The normalized spacial score (nSPS) is 11.5. The molecule has 0 unspecified atom stereocenters. The maximum absolute atomic E-state index is 13.5. The Kier molecular flexibility index (Phi) is 4.65. The summed E-state index contributed by atoms with van der Waals surface area (Å²) >= 11 is 6.09. The zero-order chi connectivity index (χ0) is 15.4. The molecule has 2 aromatic rings. The Hall–Kier alpha value is -2.27. The molecule has 2 rings (SSSR count). The molecule has 0 spiro atoms. The Morgan fingerprint density at radius 1 is 1.33 bits per heavy atom. The molecule has 0 heterocycles. The SMILES string of the molecule is Cc1ccc(Cl)c(NCc2cc(F)cc(/C(N)=N/O)c2)c1. The first-order valence-corrected chi connectivity index (χ1v) is 6.65. The van der Waals surface area contributed by atoms with Crippen LogP contribution in [0.3, 0.4) is 0 Å². The van der Waals surface area contributed by atoms with Crippen molar-refractivity contribution in [3.05, 3.63) is 63.9 Å². The highest BCUT2D eigenvalue weighted by Gasteiger charge is 2.06. The number of nitrogens with one attached hydrogen (secondary N) is 1. The van der Waals surface area contributed by atoms with Gasteiger partial charge in [-0.2, -0.15) is 0 Å². The Labute approximate surface area is 127 Å². The molecule has 2 aromatic carbocycles. The van der Waals surface area contributed by atoms with E-state index >= 15 is 0 Å². The summed E-state index contributed by atoms with van der Waals surface area (Å²) in [6.07, 6.45) is 0. The van der Waals surface area contributed by atoms with Crippen LogP contribution in [0.4, 0.5) is 10.1 Å². The van der Waals surface area contributed by atoms with Gasteiger partial charge in [0.2, 0.25) is 0 Å². The third-order valence-corrected chi connectivity index (χ3v) is 3.30. The highest BCUT2D eigenvalue weighted by atomic mass is 35.5. The minimum atomic E-state index is -0.453. The number of anilines is 1. The number of nitrogens with two attached hydrogens (primary N) is 1. The molecule has 0 amide bonds. The van der Waals surface area contributed by atoms with E-state index < -0.39 is 5.82 Å². The number of benzene rings is 2. The van der Waals surface area contributed by atoms with E-state index in [0.29, 0.717) is 22.7 Å². The Bertz CT molecular complexity index is 689. The molecule has 110 valence electrons. The fourth-order valence-electron chi connectivity index (χ4n) is 1.93. The van der Waals surface area contributed by atoms with Gasteiger partial charge in [0.05, 0.1) is 10.7 Å². The second-order valence-electron chi connectivity index (χ2n) is 4.67. The number of aryl methyl sites for hydroxylation is 1. The number of amidine groups is 1. The van der Waals surface area contributed by atoms with Crippen LogP contribution < -0.4 is 11.1 Å². The van der Waals surface area contributed by atoms with Crippen LogP contribution in [0.2, 0.25) is 5.02 Å². The monoisotopic (exact) mass is 307 g/mol. The largest absolute Gasteiger partial charge is 0.409 e. The van der Waals surface area contributed by atoms with Crippen molar-refractivity contribution in [1.29, 1.82) is 0 Å². The van der Waals surface area contributed by atoms with Crippen LogP contribution in [0.5, 0.6) is 0 Å². The molecule has 0 atom stereocenters. The third-order valence-electron chi connectivity index (χ3n) is 2.97. The van der Waals surface area contributed by atoms with Gasteiger partial charge >= 0.3 is 0 Å². The summed E-state index contributed by atoms with van der Waals surface area (Å²) in [6.45, 7) is 2.33. The van der Waals surface area contributed by atoms with Crippen LogP contribution in [0.25, 0.3) is 0 Å². The first-order valence-electron chi connectivity index (χ1n) is 6.27. The highest BCUT2D eigenvalue weighted by molar-refractivity contribution is 6.33. The standard InChI is InChI=1S/C15H15ClFN3O/c1-9-2-3-13(16)14(4-9)19-8-10-5-11(15(18)20-21)7-12(17)6-10/h2-7,19,21H,8H2,1H3,(H2,18,20). The number of hydrogen-bond acceptors (Lipinski definition) is 3. The van der Waals surface area contributed by atoms with Crippen molar-refractivity contribution < 1.29 is 9.60 Å². The smallest absolute Gasteiger partial charge is 0.170 e. The van der Waals surface area contributed by atoms with Gasteiger partial charge < -0.3 is 16.3 Å². The summed E-state index contributed by atoms with van der Waals surface area (Å²) in [5.74, 6) is -0.587. The highest BCUT2D eigenvalue weighted by Crippen LogP contribution is 2.23. The van der Waals surface area contributed by atoms with Gasteiger partial charge in [-0.25, -0.2) is 4.39 Å². The van der Waals surface area contributed by atoms with Gasteiger partial charge in [-0.05, 0) is 48.4 Å². The van der Waals surface area contributed by atoms with E-state index in [-0.39, 0.29) is 5.84 Å². The summed E-state index contributed by atoms with van der Waals surface area (Å²) in [5, 5.41) is 15.3. The van der Waals surface area contributed by atoms with Crippen LogP contribution in [0, 0.1) is 12.7 Å². The minimum Gasteiger partial charge on any atom is -0.409 e. The van der Waals surface area contributed by atoms with Gasteiger partial charge in [0, 0.05) is 12.1 Å². The Morgan fingerprint density at radius 2 is 2.10 bits per heavy atom. The molecule has 21 heavy (non-hydrogen) atoms. The van der Waals surface area contributed by atoms with Gasteiger partial charge in [0.1, 0.15) is 5.82 Å². The lowest BCUT2D eigenvalue weighted by Crippen LogP contribution is -2.14. The molecule has 0 aromatic heterocycles. The molecule has 0 fully saturated rings. The zero-order valence-corrected chi connectivity index (χ0v) is 12.2. The molecule has 0 saturated carbocycles. The maximum Gasteiger partial charge on any atom is 0.170 e. The zero-order valence-electron chi connectivity index (χ0n) is 11.4. The van der Waals surface area contributed by atoms with Gasteiger partial charge in [-0.15, -0.1) is 0 Å². The molecule has 0 aliphatic carbocycles. The van der Waals surface area contributed by atoms with Gasteiger partial charge in [-0.1, -0.05) is 22.8 Å². The van der Waals surface area contributed by atoms with Crippen molar-refractivity contribution >= 4 is 23.1 Å². The third kappa shape index (κ3) is 3.86. The molecule has 6 heteroatoms.